The molecule has 6 amide bonds. The number of unbranched alkanes of at least 4 members (excludes halogenated alkanes) is 2. The van der Waals surface area contributed by atoms with Crippen molar-refractivity contribution in [2.45, 2.75) is 111 Å². The monoisotopic (exact) mass is 712 g/mol. The third kappa shape index (κ3) is 16.6. The third-order valence-electron chi connectivity index (χ3n) is 8.27. The summed E-state index contributed by atoms with van der Waals surface area (Å²) in [5.74, 6) is -3.17. The van der Waals surface area contributed by atoms with Gasteiger partial charge in [0, 0.05) is 64.3 Å². The van der Waals surface area contributed by atoms with Gasteiger partial charge in [-0.3, -0.25) is 38.5 Å². The number of urea groups is 1. The molecule has 1 aliphatic heterocycles. The van der Waals surface area contributed by atoms with Gasteiger partial charge in [0.25, 0.3) is 11.8 Å². The number of ether oxygens (including phenoxy) is 1. The van der Waals surface area contributed by atoms with Crippen LogP contribution in [0.5, 0.6) is 0 Å². The summed E-state index contributed by atoms with van der Waals surface area (Å²) in [5.41, 5.74) is 6.51. The van der Waals surface area contributed by atoms with Crippen molar-refractivity contribution in [3.8, 4) is 0 Å². The molecule has 14 heteroatoms. The van der Waals surface area contributed by atoms with Gasteiger partial charge in [0.05, 0.1) is 12.5 Å². The molecule has 0 radical (unpaired) electrons. The number of nitrogens with zero attached hydrogens (tertiary/aromatic N) is 1. The Balaban J connectivity index is 1.91. The van der Waals surface area contributed by atoms with Crippen molar-refractivity contribution < 1.29 is 44.5 Å². The molecular formula is C37H53N5O9. The van der Waals surface area contributed by atoms with Gasteiger partial charge in [-0.2, -0.15) is 0 Å². The number of esters is 1. The number of rotatable bonds is 24. The van der Waals surface area contributed by atoms with E-state index >= 15 is 0 Å². The Morgan fingerprint density at radius 1 is 0.863 bits per heavy atom. The smallest absolute Gasteiger partial charge is 0.312 e. The van der Waals surface area contributed by atoms with Gasteiger partial charge in [0.2, 0.25) is 11.8 Å². The molecule has 2 rings (SSSR count). The number of nitrogens with one attached hydrogen (secondary N) is 3. The van der Waals surface area contributed by atoms with E-state index in [2.05, 4.69) is 16.0 Å². The van der Waals surface area contributed by atoms with Crippen LogP contribution in [0.4, 0.5) is 4.79 Å². The van der Waals surface area contributed by atoms with E-state index in [-0.39, 0.29) is 106 Å². The Bertz CT molecular complexity index is 1430. The SMILES string of the molecule is [2H]C[C@@H](C)NC(=O)CCC(=O)OCc1ccc(CC(=O)[C@@H](CCCNC(N)=O)NC(=O)[C@H](CC(=O)CCCCCN2C(=O)C=CC2=O)C(C)C)cc1. The van der Waals surface area contributed by atoms with Crippen LogP contribution in [0.15, 0.2) is 36.4 Å². The third-order valence-corrected chi connectivity index (χ3v) is 8.27. The number of hydrogen-bond donors (Lipinski definition) is 4. The molecule has 0 unspecified atom stereocenters. The van der Waals surface area contributed by atoms with E-state index in [0.29, 0.717) is 36.8 Å². The molecule has 0 saturated heterocycles. The summed E-state index contributed by atoms with van der Waals surface area (Å²) < 4.78 is 12.5. The number of primary amides is 1. The zero-order chi connectivity index (χ0) is 38.6. The van der Waals surface area contributed by atoms with E-state index in [1.807, 2.05) is 13.8 Å². The molecule has 5 N–H and O–H groups in total. The number of amides is 6. The average molecular weight is 713 g/mol. The lowest BCUT2D eigenvalue weighted by atomic mass is 9.88. The lowest BCUT2D eigenvalue weighted by Crippen LogP contribution is -2.46. The fourth-order valence-corrected chi connectivity index (χ4v) is 5.39. The summed E-state index contributed by atoms with van der Waals surface area (Å²) in [4.78, 5) is 99.4. The molecule has 1 heterocycles. The van der Waals surface area contributed by atoms with E-state index in [1.54, 1.807) is 31.2 Å². The molecule has 0 fully saturated rings. The van der Waals surface area contributed by atoms with Gasteiger partial charge in [-0.05, 0) is 56.6 Å². The fraction of sp³-hybridized carbons (Fsp3) is 0.568. The zero-order valence-corrected chi connectivity index (χ0v) is 29.9. The second-order valence-electron chi connectivity index (χ2n) is 13.1. The van der Waals surface area contributed by atoms with Gasteiger partial charge in [-0.15, -0.1) is 0 Å². The van der Waals surface area contributed by atoms with Gasteiger partial charge in [-0.25, -0.2) is 4.79 Å². The van der Waals surface area contributed by atoms with Gasteiger partial charge in [-0.1, -0.05) is 44.5 Å². The van der Waals surface area contributed by atoms with Crippen LogP contribution in [-0.2, 0) is 51.3 Å². The largest absolute Gasteiger partial charge is 0.461 e. The summed E-state index contributed by atoms with van der Waals surface area (Å²) in [6, 6.07) is 4.98. The zero-order valence-electron chi connectivity index (χ0n) is 30.9. The van der Waals surface area contributed by atoms with Crippen molar-refractivity contribution in [2.24, 2.45) is 17.6 Å². The van der Waals surface area contributed by atoms with Crippen molar-refractivity contribution in [2.75, 3.05) is 13.1 Å². The number of Topliss-reactive ketones (excluding diaryl/α,β-unsaturated/α-hetero) is 2. The lowest BCUT2D eigenvalue weighted by Gasteiger charge is -2.24. The minimum absolute atomic E-state index is 0.00389. The molecule has 3 atom stereocenters. The normalized spacial score (nSPS) is 14.4. The minimum Gasteiger partial charge on any atom is -0.461 e. The number of carbonyl (C=O) groups is 8. The van der Waals surface area contributed by atoms with Crippen LogP contribution < -0.4 is 21.7 Å². The maximum Gasteiger partial charge on any atom is 0.312 e. The second-order valence-corrected chi connectivity index (χ2v) is 13.1. The highest BCUT2D eigenvalue weighted by Gasteiger charge is 2.29. The number of ketones is 2. The summed E-state index contributed by atoms with van der Waals surface area (Å²) >= 11 is 0. The first-order valence-corrected chi connectivity index (χ1v) is 17.4. The summed E-state index contributed by atoms with van der Waals surface area (Å²) in [6.07, 6.45) is 4.94. The van der Waals surface area contributed by atoms with Crippen LogP contribution in [0.25, 0.3) is 0 Å². The highest BCUT2D eigenvalue weighted by molar-refractivity contribution is 6.12. The number of imide groups is 1. The predicted octanol–water partition coefficient (Wildman–Crippen LogP) is 2.80. The van der Waals surface area contributed by atoms with Gasteiger partial charge >= 0.3 is 12.0 Å². The fourth-order valence-electron chi connectivity index (χ4n) is 5.39. The molecule has 0 spiro atoms. The molecular weight excluding hydrogens is 658 g/mol. The Morgan fingerprint density at radius 3 is 2.16 bits per heavy atom. The van der Waals surface area contributed by atoms with E-state index in [0.717, 1.165) is 4.90 Å². The summed E-state index contributed by atoms with van der Waals surface area (Å²) in [7, 11) is 0. The first-order chi connectivity index (χ1) is 24.7. The van der Waals surface area contributed by atoms with E-state index in [4.69, 9.17) is 11.8 Å². The van der Waals surface area contributed by atoms with Crippen molar-refractivity contribution in [3.05, 3.63) is 47.5 Å². The van der Waals surface area contributed by atoms with Gasteiger partial charge < -0.3 is 26.4 Å². The highest BCUT2D eigenvalue weighted by Crippen LogP contribution is 2.20. The molecule has 1 aliphatic rings. The van der Waals surface area contributed by atoms with Crippen molar-refractivity contribution >= 4 is 47.2 Å². The van der Waals surface area contributed by atoms with Crippen LogP contribution in [0.1, 0.15) is 98.0 Å². The number of benzene rings is 1. The molecule has 0 bridgehead atoms. The molecule has 1 aromatic rings. The molecule has 0 saturated carbocycles. The molecule has 0 aromatic heterocycles. The summed E-state index contributed by atoms with van der Waals surface area (Å²) in [5, 5.41) is 7.94. The molecule has 51 heavy (non-hydrogen) atoms. The first-order valence-electron chi connectivity index (χ1n) is 18.1. The quantitative estimate of drug-likeness (QED) is 0.0704. The highest BCUT2D eigenvalue weighted by atomic mass is 16.5. The number of nitrogens with two attached hydrogens (primary N) is 1. The Labute approximate surface area is 301 Å². The first kappa shape index (κ1) is 40.5. The van der Waals surface area contributed by atoms with Crippen LogP contribution >= 0.6 is 0 Å². The van der Waals surface area contributed by atoms with Crippen molar-refractivity contribution in [3.63, 3.8) is 0 Å². The Morgan fingerprint density at radius 2 is 1.53 bits per heavy atom. The topological polar surface area (TPSA) is 211 Å². The minimum atomic E-state index is -0.883. The van der Waals surface area contributed by atoms with Crippen LogP contribution in [-0.4, -0.2) is 77.3 Å². The molecule has 280 valence electrons. The van der Waals surface area contributed by atoms with Crippen molar-refractivity contribution in [1.82, 2.24) is 20.9 Å². The predicted molar refractivity (Wildman–Crippen MR) is 188 cm³/mol. The molecule has 0 aliphatic carbocycles. The Kier molecular flexibility index (Phi) is 17.5. The van der Waals surface area contributed by atoms with Gasteiger partial charge in [0.1, 0.15) is 12.4 Å². The second kappa shape index (κ2) is 22.0. The van der Waals surface area contributed by atoms with E-state index in [9.17, 15) is 38.4 Å². The standard InChI is InChI=1S/C37H53N5O9/c1-24(2)29(22-28(43)9-6-5-7-20-42-33(46)16-17-34(42)47)36(49)41-30(10-8-19-39-37(38)50)31(44)21-26-11-13-27(14-12-26)23-51-35(48)18-15-32(45)40-25(3)4/h11-14,16-17,24-25,29-30H,5-10,15,18-23H2,1-4H3,(H,40,45)(H,41,49)(H3,38,39,50)/t29-,30-/m1/s1/i3D/t25-,29+,30+/m0. The van der Waals surface area contributed by atoms with Crippen LogP contribution in [0, 0.1) is 11.8 Å². The lowest BCUT2D eigenvalue weighted by molar-refractivity contribution is -0.146. The van der Waals surface area contributed by atoms with Gasteiger partial charge in [0.15, 0.2) is 5.78 Å². The number of hydrogen-bond acceptors (Lipinski definition) is 9. The molecule has 14 nitrogen and oxygen atoms in total. The van der Waals surface area contributed by atoms with E-state index in [1.165, 1.54) is 12.2 Å². The average Bonchev–Trinajstić information content (AvgIpc) is 3.42. The Hall–Kier alpha value is -4.88. The van der Waals surface area contributed by atoms with Crippen LogP contribution in [0.2, 0.25) is 0 Å². The summed E-state index contributed by atoms with van der Waals surface area (Å²) in [6.45, 7) is 5.89. The molecule has 1 aromatic carbocycles. The van der Waals surface area contributed by atoms with Crippen molar-refractivity contribution in [1.29, 1.82) is 0 Å². The van der Waals surface area contributed by atoms with E-state index < -0.39 is 29.9 Å². The maximum atomic E-state index is 13.5. The number of carbonyl (C=O) groups excluding carboxylic acids is 8. The maximum absolute atomic E-state index is 13.5. The van der Waals surface area contributed by atoms with Crippen LogP contribution in [0.3, 0.4) is 0 Å².